The van der Waals surface area contributed by atoms with Crippen molar-refractivity contribution in [2.45, 2.75) is 33.6 Å². The fraction of sp³-hybridized carbons (Fsp3) is 0.529. The Bertz CT molecular complexity index is 603. The van der Waals surface area contributed by atoms with Crippen LogP contribution in [0.15, 0.2) is 27.1 Å². The minimum Gasteiger partial charge on any atom is -0.342 e. The van der Waals surface area contributed by atoms with Crippen molar-refractivity contribution in [3.05, 3.63) is 27.1 Å². The van der Waals surface area contributed by atoms with Crippen LogP contribution in [0.5, 0.6) is 0 Å². The number of nitrogens with one attached hydrogen (secondary N) is 1. The first-order chi connectivity index (χ1) is 10.7. The van der Waals surface area contributed by atoms with Gasteiger partial charge in [-0.05, 0) is 47.0 Å². The third-order valence-corrected chi connectivity index (χ3v) is 5.13. The molecule has 1 N–H and O–H groups in total. The van der Waals surface area contributed by atoms with Gasteiger partial charge in [-0.3, -0.25) is 9.59 Å². The number of halogens is 2. The summed E-state index contributed by atoms with van der Waals surface area (Å²) in [5, 5.41) is 2.97. The quantitative estimate of drug-likeness (QED) is 0.731. The van der Waals surface area contributed by atoms with Crippen molar-refractivity contribution < 1.29 is 9.59 Å². The number of carbonyl (C=O) groups is 2. The summed E-state index contributed by atoms with van der Waals surface area (Å²) in [6.07, 6.45) is 1.42. The van der Waals surface area contributed by atoms with Crippen molar-refractivity contribution >= 4 is 49.4 Å². The number of carbonyl (C=O) groups excluding carboxylic acids is 2. The van der Waals surface area contributed by atoms with Gasteiger partial charge in [-0.1, -0.05) is 36.7 Å². The Kier molecular flexibility index (Phi) is 5.89. The average molecular weight is 446 g/mol. The lowest BCUT2D eigenvalue weighted by Gasteiger charge is -2.35. The lowest BCUT2D eigenvalue weighted by atomic mass is 9.90. The van der Waals surface area contributed by atoms with Gasteiger partial charge in [-0.25, -0.2) is 0 Å². The second kappa shape index (κ2) is 7.34. The summed E-state index contributed by atoms with van der Waals surface area (Å²) >= 11 is 6.85. The molecule has 1 aliphatic heterocycles. The van der Waals surface area contributed by atoms with E-state index in [1.54, 1.807) is 0 Å². The molecule has 2 rings (SSSR count). The summed E-state index contributed by atoms with van der Waals surface area (Å²) in [4.78, 5) is 26.6. The van der Waals surface area contributed by atoms with Crippen molar-refractivity contribution in [2.24, 2.45) is 11.3 Å². The number of piperidine rings is 1. The van der Waals surface area contributed by atoms with Gasteiger partial charge in [0.1, 0.15) is 0 Å². The summed E-state index contributed by atoms with van der Waals surface area (Å²) in [6, 6.07) is 5.66. The molecule has 1 aromatic carbocycles. The molecule has 0 bridgehead atoms. The first-order valence-corrected chi connectivity index (χ1v) is 9.32. The van der Waals surface area contributed by atoms with Crippen molar-refractivity contribution in [1.29, 1.82) is 0 Å². The molecule has 23 heavy (non-hydrogen) atoms. The number of hydrogen-bond donors (Lipinski definition) is 1. The van der Waals surface area contributed by atoms with Crippen LogP contribution >= 0.6 is 31.9 Å². The normalized spacial score (nSPS) is 16.3. The molecule has 0 aliphatic carbocycles. The van der Waals surface area contributed by atoms with Gasteiger partial charge < -0.3 is 10.2 Å². The van der Waals surface area contributed by atoms with Gasteiger partial charge in [-0.15, -0.1) is 0 Å². The maximum Gasteiger partial charge on any atom is 0.227 e. The number of hydrogen-bond acceptors (Lipinski definition) is 2. The molecule has 6 heteroatoms. The average Bonchev–Trinajstić information content (AvgIpc) is 2.48. The first-order valence-electron chi connectivity index (χ1n) is 7.74. The van der Waals surface area contributed by atoms with E-state index >= 15 is 0 Å². The lowest BCUT2D eigenvalue weighted by molar-refractivity contribution is -0.142. The molecular weight excluding hydrogens is 424 g/mol. The molecule has 1 fully saturated rings. The zero-order valence-corrected chi connectivity index (χ0v) is 16.8. The fourth-order valence-corrected chi connectivity index (χ4v) is 3.79. The molecule has 4 nitrogen and oxygen atoms in total. The summed E-state index contributed by atoms with van der Waals surface area (Å²) in [6.45, 7) is 7.09. The molecule has 0 spiro atoms. The Morgan fingerprint density at radius 3 is 2.30 bits per heavy atom. The zero-order chi connectivity index (χ0) is 17.2. The van der Waals surface area contributed by atoms with Crippen LogP contribution in [-0.4, -0.2) is 29.8 Å². The van der Waals surface area contributed by atoms with Crippen LogP contribution in [0.2, 0.25) is 0 Å². The maximum atomic E-state index is 12.4. The van der Waals surface area contributed by atoms with Gasteiger partial charge in [0.15, 0.2) is 0 Å². The number of rotatable bonds is 2. The molecular formula is C17H22Br2N2O2. The molecule has 1 saturated heterocycles. The molecule has 126 valence electrons. The Morgan fingerprint density at radius 1 is 1.17 bits per heavy atom. The van der Waals surface area contributed by atoms with E-state index in [2.05, 4.69) is 37.2 Å². The first kappa shape index (κ1) is 18.5. The number of likely N-dealkylation sites (tertiary alicyclic amines) is 1. The third kappa shape index (κ3) is 4.80. The highest BCUT2D eigenvalue weighted by molar-refractivity contribution is 9.11. The summed E-state index contributed by atoms with van der Waals surface area (Å²) in [5.74, 6) is 0.137. The van der Waals surface area contributed by atoms with Crippen molar-refractivity contribution in [3.8, 4) is 0 Å². The molecule has 2 amide bonds. The predicted molar refractivity (Wildman–Crippen MR) is 99.2 cm³/mol. The van der Waals surface area contributed by atoms with E-state index in [0.29, 0.717) is 25.9 Å². The molecule has 1 aromatic rings. The minimum absolute atomic E-state index is 0.0240. The van der Waals surface area contributed by atoms with E-state index in [0.717, 1.165) is 14.6 Å². The van der Waals surface area contributed by atoms with Crippen LogP contribution in [0.1, 0.15) is 33.6 Å². The highest BCUT2D eigenvalue weighted by Gasteiger charge is 2.32. The molecule has 0 saturated carbocycles. The lowest BCUT2D eigenvalue weighted by Crippen LogP contribution is -2.45. The number of benzene rings is 1. The van der Waals surface area contributed by atoms with Crippen molar-refractivity contribution in [2.75, 3.05) is 18.4 Å². The van der Waals surface area contributed by atoms with Gasteiger partial charge in [0.2, 0.25) is 11.8 Å². The Morgan fingerprint density at radius 2 is 1.78 bits per heavy atom. The minimum atomic E-state index is -0.364. The zero-order valence-electron chi connectivity index (χ0n) is 13.7. The monoisotopic (exact) mass is 444 g/mol. The maximum absolute atomic E-state index is 12.4. The van der Waals surface area contributed by atoms with Crippen molar-refractivity contribution in [3.63, 3.8) is 0 Å². The predicted octanol–water partition coefficient (Wildman–Crippen LogP) is 4.43. The van der Waals surface area contributed by atoms with Gasteiger partial charge in [0.05, 0.1) is 5.69 Å². The highest BCUT2D eigenvalue weighted by Crippen LogP contribution is 2.28. The molecule has 0 aromatic heterocycles. The standard InChI is InChI=1S/C17H22Br2N2O2/c1-17(2,3)16(23)21-8-6-11(7-9-21)15(22)20-14-5-4-12(18)10-13(14)19/h4-5,10-11H,6-9H2,1-3H3,(H,20,22). The third-order valence-electron chi connectivity index (χ3n) is 3.98. The van der Waals surface area contributed by atoms with Gasteiger partial charge >= 0.3 is 0 Å². The van der Waals surface area contributed by atoms with E-state index in [1.165, 1.54) is 0 Å². The number of anilines is 1. The molecule has 1 heterocycles. The van der Waals surface area contributed by atoms with E-state index in [-0.39, 0.29) is 23.1 Å². The van der Waals surface area contributed by atoms with Gasteiger partial charge in [0, 0.05) is 33.4 Å². The fourth-order valence-electron chi connectivity index (χ4n) is 2.64. The van der Waals surface area contributed by atoms with Crippen LogP contribution in [0.4, 0.5) is 5.69 Å². The summed E-state index contributed by atoms with van der Waals surface area (Å²) in [5.41, 5.74) is 0.406. The van der Waals surface area contributed by atoms with Crippen LogP contribution in [0.3, 0.4) is 0 Å². The van der Waals surface area contributed by atoms with Crippen LogP contribution in [-0.2, 0) is 9.59 Å². The SMILES string of the molecule is CC(C)(C)C(=O)N1CCC(C(=O)Nc2ccc(Br)cc2Br)CC1. The summed E-state index contributed by atoms with van der Waals surface area (Å²) < 4.78 is 1.80. The van der Waals surface area contributed by atoms with Crippen molar-refractivity contribution in [1.82, 2.24) is 4.90 Å². The van der Waals surface area contributed by atoms with E-state index < -0.39 is 0 Å². The van der Waals surface area contributed by atoms with Gasteiger partial charge in [-0.2, -0.15) is 0 Å². The molecule has 0 atom stereocenters. The highest BCUT2D eigenvalue weighted by atomic mass is 79.9. The molecule has 0 unspecified atom stereocenters. The van der Waals surface area contributed by atoms with E-state index in [4.69, 9.17) is 0 Å². The second-order valence-corrected chi connectivity index (χ2v) is 8.70. The molecule has 0 radical (unpaired) electrons. The van der Waals surface area contributed by atoms with E-state index in [1.807, 2.05) is 43.9 Å². The number of nitrogens with zero attached hydrogens (tertiary/aromatic N) is 1. The Balaban J connectivity index is 1.92. The van der Waals surface area contributed by atoms with E-state index in [9.17, 15) is 9.59 Å². The second-order valence-electron chi connectivity index (χ2n) is 6.93. The topological polar surface area (TPSA) is 49.4 Å². The van der Waals surface area contributed by atoms with Crippen LogP contribution < -0.4 is 5.32 Å². The number of amides is 2. The smallest absolute Gasteiger partial charge is 0.227 e. The van der Waals surface area contributed by atoms with Crippen LogP contribution in [0.25, 0.3) is 0 Å². The van der Waals surface area contributed by atoms with Gasteiger partial charge in [0.25, 0.3) is 0 Å². The Hall–Kier alpha value is -0.880. The summed E-state index contributed by atoms with van der Waals surface area (Å²) in [7, 11) is 0. The largest absolute Gasteiger partial charge is 0.342 e. The Labute approximate surface area is 154 Å². The molecule has 1 aliphatic rings. The van der Waals surface area contributed by atoms with Crippen LogP contribution in [0, 0.1) is 11.3 Å².